The predicted molar refractivity (Wildman–Crippen MR) is 21.0 cm³/mol. The minimum atomic E-state index is -0.641. The number of amides is 1. The van der Waals surface area contributed by atoms with Crippen molar-refractivity contribution in [3.05, 3.63) is 12.3 Å². The number of carbonyl (C=O) groups is 1. The van der Waals surface area contributed by atoms with Crippen molar-refractivity contribution in [1.29, 1.82) is 0 Å². The molecular formula is C3H5NO2. The van der Waals surface area contributed by atoms with E-state index in [1.54, 1.807) is 0 Å². The van der Waals surface area contributed by atoms with Crippen LogP contribution in [-0.2, 0) is 4.79 Å². The van der Waals surface area contributed by atoms with Crippen LogP contribution in [0.5, 0.6) is 0 Å². The molecule has 0 aromatic heterocycles. The third-order valence-corrected chi connectivity index (χ3v) is 0.239. The highest BCUT2D eigenvalue weighted by Gasteiger charge is 1.74. The minimum absolute atomic E-state index is 0.600. The molecule has 0 unspecified atom stereocenters. The van der Waals surface area contributed by atoms with Gasteiger partial charge in [-0.15, -0.1) is 0 Å². The maximum absolute atomic E-state index is 9.57. The van der Waals surface area contributed by atoms with Crippen molar-refractivity contribution in [3.8, 4) is 0 Å². The fourth-order valence-corrected chi connectivity index (χ4v) is 0.0735. The molecule has 0 spiro atoms. The number of aliphatic hydroxyl groups excluding tert-OH is 1. The van der Waals surface area contributed by atoms with Gasteiger partial charge in [0.25, 0.3) is 0 Å². The fourth-order valence-electron chi connectivity index (χ4n) is 0.0735. The molecule has 0 heterocycles. The number of hydrogen-bond donors (Lipinski definition) is 2. The van der Waals surface area contributed by atoms with Crippen LogP contribution in [0.1, 0.15) is 0 Å². The molecule has 0 saturated carbocycles. The van der Waals surface area contributed by atoms with Crippen molar-refractivity contribution in [1.82, 2.24) is 0 Å². The van der Waals surface area contributed by atoms with Gasteiger partial charge in [0, 0.05) is 6.08 Å². The van der Waals surface area contributed by atoms with Crippen LogP contribution >= 0.6 is 0 Å². The quantitative estimate of drug-likeness (QED) is 0.336. The van der Waals surface area contributed by atoms with Gasteiger partial charge in [-0.2, -0.15) is 0 Å². The van der Waals surface area contributed by atoms with E-state index in [1.807, 2.05) is 0 Å². The Labute approximate surface area is 35.1 Å². The van der Waals surface area contributed by atoms with Crippen molar-refractivity contribution in [3.63, 3.8) is 0 Å². The lowest BCUT2D eigenvalue weighted by molar-refractivity contribution is -0.113. The van der Waals surface area contributed by atoms with E-state index in [0.29, 0.717) is 6.26 Å². The topological polar surface area (TPSA) is 63.3 Å². The van der Waals surface area contributed by atoms with Gasteiger partial charge in [0.2, 0.25) is 5.91 Å². The molecule has 0 atom stereocenters. The molecule has 0 fully saturated rings. The molecule has 3 heteroatoms. The molecule has 1 amide bonds. The monoisotopic (exact) mass is 87.0 g/mol. The molecule has 0 bridgehead atoms. The lowest BCUT2D eigenvalue weighted by Gasteiger charge is -1.69. The fraction of sp³-hybridized carbons (Fsp3) is 0. The number of carbonyl (C=O) groups excluding carboxylic acids is 1. The highest BCUT2D eigenvalue weighted by Crippen LogP contribution is 1.58. The Bertz CT molecular complexity index is 76.9. The van der Waals surface area contributed by atoms with E-state index in [-0.39, 0.29) is 0 Å². The second kappa shape index (κ2) is 2.26. The van der Waals surface area contributed by atoms with Crippen LogP contribution in [0, 0.1) is 0 Å². The third kappa shape index (κ3) is 3.01. The third-order valence-electron chi connectivity index (χ3n) is 0.239. The molecule has 0 radical (unpaired) electrons. The van der Waals surface area contributed by atoms with Gasteiger partial charge in [-0.05, 0) is 0 Å². The molecule has 0 aromatic rings. The van der Waals surface area contributed by atoms with Crippen LogP contribution in [0.2, 0.25) is 0 Å². The van der Waals surface area contributed by atoms with Gasteiger partial charge in [0.05, 0.1) is 6.26 Å². The molecule has 0 aliphatic carbocycles. The van der Waals surface area contributed by atoms with Gasteiger partial charge < -0.3 is 10.8 Å². The van der Waals surface area contributed by atoms with E-state index in [2.05, 4.69) is 5.73 Å². The van der Waals surface area contributed by atoms with Crippen molar-refractivity contribution >= 4 is 5.91 Å². The summed E-state index contributed by atoms with van der Waals surface area (Å²) in [5.74, 6) is -0.641. The van der Waals surface area contributed by atoms with Crippen molar-refractivity contribution in [2.45, 2.75) is 0 Å². The summed E-state index contributed by atoms with van der Waals surface area (Å²) in [6.45, 7) is 0. The lowest BCUT2D eigenvalue weighted by atomic mass is 10.6. The Hall–Kier alpha value is -0.990. The normalized spacial score (nSPS) is 9.33. The number of primary amides is 1. The van der Waals surface area contributed by atoms with Gasteiger partial charge in [-0.25, -0.2) is 0 Å². The van der Waals surface area contributed by atoms with Gasteiger partial charge >= 0.3 is 0 Å². The van der Waals surface area contributed by atoms with Crippen LogP contribution < -0.4 is 5.73 Å². The van der Waals surface area contributed by atoms with Gasteiger partial charge in [0.1, 0.15) is 0 Å². The first kappa shape index (κ1) is 5.01. The first-order chi connectivity index (χ1) is 2.77. The zero-order valence-electron chi connectivity index (χ0n) is 3.09. The van der Waals surface area contributed by atoms with Gasteiger partial charge in [0.15, 0.2) is 0 Å². The summed E-state index contributed by atoms with van der Waals surface area (Å²) in [6.07, 6.45) is 1.46. The Morgan fingerprint density at radius 3 is 2.33 bits per heavy atom. The average molecular weight is 87.1 g/mol. The number of rotatable bonds is 1. The maximum atomic E-state index is 9.57. The number of nitrogens with two attached hydrogens (primary N) is 1. The molecular weight excluding hydrogens is 82.0 g/mol. The summed E-state index contributed by atoms with van der Waals surface area (Å²) in [5.41, 5.74) is 4.52. The molecule has 34 valence electrons. The molecule has 0 rings (SSSR count). The standard InChI is InChI=1S/C3H5NO2/c4-3(6)1-2-5/h1-2,5H,(H2,4,6)/b2-1-. The molecule has 0 aromatic carbocycles. The second-order valence-corrected chi connectivity index (χ2v) is 0.718. The minimum Gasteiger partial charge on any atom is -0.515 e. The van der Waals surface area contributed by atoms with E-state index < -0.39 is 5.91 Å². The molecule has 3 N–H and O–H groups in total. The summed E-state index contributed by atoms with van der Waals surface area (Å²) in [4.78, 5) is 9.57. The van der Waals surface area contributed by atoms with Crippen LogP contribution in [0.25, 0.3) is 0 Å². The van der Waals surface area contributed by atoms with Crippen LogP contribution in [-0.4, -0.2) is 11.0 Å². The zero-order chi connectivity index (χ0) is 4.99. The summed E-state index contributed by atoms with van der Waals surface area (Å²) < 4.78 is 0. The predicted octanol–water partition coefficient (Wildman–Crippen LogP) is -0.457. The average Bonchev–Trinajstić information content (AvgIpc) is 1.35. The number of aliphatic hydroxyl groups is 1. The molecule has 6 heavy (non-hydrogen) atoms. The Morgan fingerprint density at radius 2 is 2.33 bits per heavy atom. The number of hydrogen-bond acceptors (Lipinski definition) is 2. The van der Waals surface area contributed by atoms with E-state index in [1.165, 1.54) is 0 Å². The summed E-state index contributed by atoms with van der Waals surface area (Å²) >= 11 is 0. The lowest BCUT2D eigenvalue weighted by Crippen LogP contribution is -2.04. The van der Waals surface area contributed by atoms with E-state index in [4.69, 9.17) is 5.11 Å². The molecule has 0 aliphatic heterocycles. The SMILES string of the molecule is NC(=O)/C=C\O. The van der Waals surface area contributed by atoms with E-state index >= 15 is 0 Å². The first-order valence-corrected chi connectivity index (χ1v) is 1.37. The van der Waals surface area contributed by atoms with E-state index in [0.717, 1.165) is 6.08 Å². The second-order valence-electron chi connectivity index (χ2n) is 0.718. The molecule has 0 saturated heterocycles. The summed E-state index contributed by atoms with van der Waals surface area (Å²) in [6, 6.07) is 0. The first-order valence-electron chi connectivity index (χ1n) is 1.37. The van der Waals surface area contributed by atoms with Crippen molar-refractivity contribution in [2.24, 2.45) is 5.73 Å². The smallest absolute Gasteiger partial charge is 0.244 e. The Kier molecular flexibility index (Phi) is 1.89. The largest absolute Gasteiger partial charge is 0.515 e. The van der Waals surface area contributed by atoms with Crippen LogP contribution in [0.4, 0.5) is 0 Å². The van der Waals surface area contributed by atoms with Gasteiger partial charge in [-0.3, -0.25) is 4.79 Å². The molecule has 0 aliphatic rings. The van der Waals surface area contributed by atoms with Crippen LogP contribution in [0.3, 0.4) is 0 Å². The highest BCUT2D eigenvalue weighted by atomic mass is 16.2. The summed E-state index contributed by atoms with van der Waals surface area (Å²) in [7, 11) is 0. The zero-order valence-corrected chi connectivity index (χ0v) is 3.09. The van der Waals surface area contributed by atoms with Crippen LogP contribution in [0.15, 0.2) is 12.3 Å². The van der Waals surface area contributed by atoms with Crippen molar-refractivity contribution in [2.75, 3.05) is 0 Å². The van der Waals surface area contributed by atoms with E-state index in [9.17, 15) is 4.79 Å². The Balaban J connectivity index is 3.30. The van der Waals surface area contributed by atoms with Gasteiger partial charge in [-0.1, -0.05) is 0 Å². The molecule has 3 nitrogen and oxygen atoms in total. The van der Waals surface area contributed by atoms with Crippen molar-refractivity contribution < 1.29 is 9.90 Å². The summed E-state index contributed by atoms with van der Waals surface area (Å²) in [5, 5.41) is 7.76. The highest BCUT2D eigenvalue weighted by molar-refractivity contribution is 5.85. The Morgan fingerprint density at radius 1 is 1.83 bits per heavy atom. The maximum Gasteiger partial charge on any atom is 0.244 e.